The largest absolute Gasteiger partial charge is 0.368 e. The number of para-hydroxylation sites is 1. The molecule has 5 aromatic rings. The summed E-state index contributed by atoms with van der Waals surface area (Å²) in [6.07, 6.45) is 0. The minimum absolute atomic E-state index is 0.144. The monoisotopic (exact) mass is 431 g/mol. The van der Waals surface area contributed by atoms with E-state index in [4.69, 9.17) is 5.73 Å². The Balaban J connectivity index is 1.64. The molecule has 1 unspecified atom stereocenters. The maximum absolute atomic E-state index is 13.3. The average Bonchev–Trinajstić information content (AvgIpc) is 3.34. The Hall–Kier alpha value is -4.38. The third-order valence-corrected chi connectivity index (χ3v) is 6.44. The van der Waals surface area contributed by atoms with Gasteiger partial charge in [-0.3, -0.25) is 9.59 Å². The van der Waals surface area contributed by atoms with Crippen LogP contribution in [-0.2, 0) is 4.79 Å². The number of fused-ring (bicyclic) bond motifs is 3. The third kappa shape index (κ3) is 3.01. The first kappa shape index (κ1) is 19.3. The standard InChI is InChI=1S/C28H21N3O2/c29-24(32)16-31-27(20-9-3-4-10-21(20)28(31)33)25-22-11-5-6-12-23(22)30-26(25)19-14-13-17-7-1-2-8-18(17)15-19/h1-15,27,30H,16H2,(H2,29,32). The van der Waals surface area contributed by atoms with Gasteiger partial charge in [-0.15, -0.1) is 0 Å². The van der Waals surface area contributed by atoms with E-state index in [-0.39, 0.29) is 12.5 Å². The van der Waals surface area contributed by atoms with Gasteiger partial charge in [0, 0.05) is 22.0 Å². The summed E-state index contributed by atoms with van der Waals surface area (Å²) in [6, 6.07) is 29.8. The molecule has 1 aliphatic heterocycles. The molecule has 6 rings (SSSR count). The van der Waals surface area contributed by atoms with Crippen LogP contribution in [0.15, 0.2) is 91.0 Å². The van der Waals surface area contributed by atoms with Gasteiger partial charge in [-0.25, -0.2) is 0 Å². The Morgan fingerprint density at radius 3 is 2.45 bits per heavy atom. The van der Waals surface area contributed by atoms with Crippen LogP contribution in [0.3, 0.4) is 0 Å². The summed E-state index contributed by atoms with van der Waals surface area (Å²) in [5, 5.41) is 3.32. The smallest absolute Gasteiger partial charge is 0.255 e. The van der Waals surface area contributed by atoms with Crippen molar-refractivity contribution >= 4 is 33.5 Å². The molecule has 2 heterocycles. The summed E-state index contributed by atoms with van der Waals surface area (Å²) in [4.78, 5) is 30.4. The second-order valence-corrected chi connectivity index (χ2v) is 8.41. The lowest BCUT2D eigenvalue weighted by Crippen LogP contribution is -2.37. The molecule has 1 aromatic heterocycles. The van der Waals surface area contributed by atoms with Gasteiger partial charge in [0.05, 0.1) is 11.7 Å². The van der Waals surface area contributed by atoms with Gasteiger partial charge in [-0.1, -0.05) is 72.8 Å². The zero-order chi connectivity index (χ0) is 22.5. The number of hydrogen-bond acceptors (Lipinski definition) is 2. The molecule has 2 amide bonds. The Morgan fingerprint density at radius 1 is 0.879 bits per heavy atom. The van der Waals surface area contributed by atoms with Gasteiger partial charge >= 0.3 is 0 Å². The average molecular weight is 431 g/mol. The van der Waals surface area contributed by atoms with Crippen molar-refractivity contribution in [1.82, 2.24) is 9.88 Å². The summed E-state index contributed by atoms with van der Waals surface area (Å²) in [7, 11) is 0. The summed E-state index contributed by atoms with van der Waals surface area (Å²) in [5.74, 6) is -0.711. The van der Waals surface area contributed by atoms with E-state index < -0.39 is 11.9 Å². The van der Waals surface area contributed by atoms with Crippen molar-refractivity contribution in [2.24, 2.45) is 5.73 Å². The molecule has 0 saturated heterocycles. The number of hydrogen-bond donors (Lipinski definition) is 2. The number of primary amides is 1. The van der Waals surface area contributed by atoms with Crippen molar-refractivity contribution in [3.05, 3.63) is 108 Å². The van der Waals surface area contributed by atoms with Gasteiger partial charge in [-0.2, -0.15) is 0 Å². The molecule has 5 heteroatoms. The lowest BCUT2D eigenvalue weighted by atomic mass is 9.92. The van der Waals surface area contributed by atoms with E-state index in [1.165, 1.54) is 0 Å². The van der Waals surface area contributed by atoms with Crippen LogP contribution in [0.5, 0.6) is 0 Å². The number of nitrogens with two attached hydrogens (primary N) is 1. The number of carbonyl (C=O) groups excluding carboxylic acids is 2. The molecule has 0 aliphatic carbocycles. The van der Waals surface area contributed by atoms with E-state index in [1.54, 1.807) is 4.90 Å². The van der Waals surface area contributed by atoms with Crippen LogP contribution in [0.4, 0.5) is 0 Å². The normalized spacial score (nSPS) is 15.3. The summed E-state index contributed by atoms with van der Waals surface area (Å²) in [6.45, 7) is -0.144. The van der Waals surface area contributed by atoms with Crippen molar-refractivity contribution in [3.63, 3.8) is 0 Å². The Labute approximate surface area is 190 Å². The molecular weight excluding hydrogens is 410 g/mol. The van der Waals surface area contributed by atoms with E-state index >= 15 is 0 Å². The molecule has 0 saturated carbocycles. The highest BCUT2D eigenvalue weighted by Crippen LogP contribution is 2.45. The second-order valence-electron chi connectivity index (χ2n) is 8.41. The number of rotatable bonds is 4. The molecule has 33 heavy (non-hydrogen) atoms. The molecule has 4 aromatic carbocycles. The lowest BCUT2D eigenvalue weighted by molar-refractivity contribution is -0.118. The fraction of sp³-hybridized carbons (Fsp3) is 0.0714. The van der Waals surface area contributed by atoms with Gasteiger partial charge in [0.1, 0.15) is 6.54 Å². The predicted octanol–water partition coefficient (Wildman–Crippen LogP) is 5.02. The van der Waals surface area contributed by atoms with Gasteiger partial charge in [0.2, 0.25) is 5.91 Å². The van der Waals surface area contributed by atoms with Crippen LogP contribution in [0.2, 0.25) is 0 Å². The Kier molecular flexibility index (Phi) is 4.30. The molecule has 0 spiro atoms. The highest BCUT2D eigenvalue weighted by atomic mass is 16.2. The van der Waals surface area contributed by atoms with Gasteiger partial charge < -0.3 is 15.6 Å². The van der Waals surface area contributed by atoms with E-state index in [2.05, 4.69) is 41.4 Å². The number of nitrogens with one attached hydrogen (secondary N) is 1. The first-order valence-corrected chi connectivity index (χ1v) is 10.9. The summed E-state index contributed by atoms with van der Waals surface area (Å²) >= 11 is 0. The molecule has 0 bridgehead atoms. The number of amides is 2. The zero-order valence-corrected chi connectivity index (χ0v) is 17.8. The number of benzene rings is 4. The zero-order valence-electron chi connectivity index (χ0n) is 17.8. The molecule has 0 radical (unpaired) electrons. The number of aromatic nitrogens is 1. The first-order chi connectivity index (χ1) is 16.1. The molecule has 0 fully saturated rings. The number of H-pyrrole nitrogens is 1. The van der Waals surface area contributed by atoms with Crippen molar-refractivity contribution in [2.45, 2.75) is 6.04 Å². The maximum Gasteiger partial charge on any atom is 0.255 e. The highest BCUT2D eigenvalue weighted by Gasteiger charge is 2.40. The fourth-order valence-electron chi connectivity index (χ4n) is 5.03. The first-order valence-electron chi connectivity index (χ1n) is 10.9. The summed E-state index contributed by atoms with van der Waals surface area (Å²) in [5.41, 5.74) is 11.0. The van der Waals surface area contributed by atoms with E-state index in [0.29, 0.717) is 5.56 Å². The van der Waals surface area contributed by atoms with Crippen LogP contribution in [-0.4, -0.2) is 28.2 Å². The Bertz CT molecular complexity index is 1570. The number of nitrogens with zero attached hydrogens (tertiary/aromatic N) is 1. The van der Waals surface area contributed by atoms with Crippen molar-refractivity contribution in [2.75, 3.05) is 6.54 Å². The lowest BCUT2D eigenvalue weighted by Gasteiger charge is -2.25. The maximum atomic E-state index is 13.3. The molecular formula is C28H21N3O2. The predicted molar refractivity (Wildman–Crippen MR) is 130 cm³/mol. The van der Waals surface area contributed by atoms with E-state index in [1.807, 2.05) is 54.6 Å². The van der Waals surface area contributed by atoms with Gasteiger partial charge in [0.25, 0.3) is 5.91 Å². The van der Waals surface area contributed by atoms with Gasteiger partial charge in [0.15, 0.2) is 0 Å². The van der Waals surface area contributed by atoms with Gasteiger partial charge in [-0.05, 0) is 40.1 Å². The third-order valence-electron chi connectivity index (χ3n) is 6.44. The van der Waals surface area contributed by atoms with Crippen LogP contribution >= 0.6 is 0 Å². The number of carbonyl (C=O) groups is 2. The van der Waals surface area contributed by atoms with E-state index in [0.717, 1.165) is 44.1 Å². The van der Waals surface area contributed by atoms with E-state index in [9.17, 15) is 9.59 Å². The molecule has 5 nitrogen and oxygen atoms in total. The van der Waals surface area contributed by atoms with Crippen molar-refractivity contribution in [3.8, 4) is 11.3 Å². The molecule has 160 valence electrons. The highest BCUT2D eigenvalue weighted by molar-refractivity contribution is 6.03. The van der Waals surface area contributed by atoms with Crippen LogP contribution < -0.4 is 5.73 Å². The fourth-order valence-corrected chi connectivity index (χ4v) is 5.03. The summed E-state index contributed by atoms with van der Waals surface area (Å²) < 4.78 is 0. The molecule has 1 aliphatic rings. The van der Waals surface area contributed by atoms with Crippen molar-refractivity contribution < 1.29 is 9.59 Å². The topological polar surface area (TPSA) is 79.2 Å². The quantitative estimate of drug-likeness (QED) is 0.419. The van der Waals surface area contributed by atoms with Crippen LogP contribution in [0.1, 0.15) is 27.5 Å². The minimum Gasteiger partial charge on any atom is -0.368 e. The van der Waals surface area contributed by atoms with Crippen LogP contribution in [0, 0.1) is 0 Å². The SMILES string of the molecule is NC(=O)CN1C(=O)c2ccccc2C1c1c(-c2ccc3ccccc3c2)[nH]c2ccccc12. The van der Waals surface area contributed by atoms with Crippen LogP contribution in [0.25, 0.3) is 32.9 Å². The minimum atomic E-state index is -0.534. The molecule has 3 N–H and O–H groups in total. The molecule has 1 atom stereocenters. The second kappa shape index (κ2) is 7.35. The number of aromatic amines is 1. The van der Waals surface area contributed by atoms with Crippen molar-refractivity contribution in [1.29, 1.82) is 0 Å². The Morgan fingerprint density at radius 2 is 1.61 bits per heavy atom.